The van der Waals surface area contributed by atoms with Gasteiger partial charge < -0.3 is 10.3 Å². The molecule has 2 N–H and O–H groups in total. The van der Waals surface area contributed by atoms with Gasteiger partial charge in [0.15, 0.2) is 0 Å². The van der Waals surface area contributed by atoms with Crippen molar-refractivity contribution >= 4 is 5.95 Å². The van der Waals surface area contributed by atoms with Gasteiger partial charge in [-0.2, -0.15) is 0 Å². The Labute approximate surface area is 91.5 Å². The summed E-state index contributed by atoms with van der Waals surface area (Å²) in [5.41, 5.74) is 6.84. The summed E-state index contributed by atoms with van der Waals surface area (Å²) < 4.78 is 27.8. The lowest BCUT2D eigenvalue weighted by Crippen LogP contribution is -2.07. The molecule has 0 unspecified atom stereocenters. The molecule has 0 aliphatic carbocycles. The zero-order chi connectivity index (χ0) is 11.7. The van der Waals surface area contributed by atoms with Gasteiger partial charge in [-0.15, -0.1) is 0 Å². The molecule has 0 amide bonds. The van der Waals surface area contributed by atoms with Gasteiger partial charge in [0.05, 0.1) is 12.7 Å². The number of benzene rings is 1. The third kappa shape index (κ3) is 1.88. The zero-order valence-corrected chi connectivity index (χ0v) is 8.74. The number of nitrogen functional groups attached to an aromatic ring is 1. The Morgan fingerprint density at radius 1 is 1.38 bits per heavy atom. The first kappa shape index (κ1) is 10.6. The molecule has 2 rings (SSSR count). The number of anilines is 1. The van der Waals surface area contributed by atoms with E-state index in [2.05, 4.69) is 4.98 Å². The fraction of sp³-hybridized carbons (Fsp3) is 0.182. The molecular formula is C11H11F2N3. The van der Waals surface area contributed by atoms with Crippen molar-refractivity contribution in [3.8, 4) is 0 Å². The number of nitrogens with two attached hydrogens (primary N) is 1. The molecular weight excluding hydrogens is 212 g/mol. The summed E-state index contributed by atoms with van der Waals surface area (Å²) in [4.78, 5) is 3.90. The maximum Gasteiger partial charge on any atom is 0.200 e. The molecule has 5 heteroatoms. The molecule has 16 heavy (non-hydrogen) atoms. The highest BCUT2D eigenvalue weighted by molar-refractivity contribution is 5.26. The third-order valence-corrected chi connectivity index (χ3v) is 2.43. The lowest BCUT2D eigenvalue weighted by atomic mass is 10.2. The minimum absolute atomic E-state index is 0.254. The number of imidazole rings is 1. The molecule has 84 valence electrons. The molecule has 0 spiro atoms. The van der Waals surface area contributed by atoms with Gasteiger partial charge in [0.2, 0.25) is 5.95 Å². The van der Waals surface area contributed by atoms with Crippen LogP contribution in [0.5, 0.6) is 0 Å². The van der Waals surface area contributed by atoms with Crippen LogP contribution in [0, 0.1) is 18.6 Å². The van der Waals surface area contributed by atoms with Crippen molar-refractivity contribution in [3.05, 3.63) is 47.3 Å². The molecule has 0 saturated carbocycles. The smallest absolute Gasteiger partial charge is 0.200 e. The second kappa shape index (κ2) is 3.92. The Balaban J connectivity index is 2.34. The molecule has 0 radical (unpaired) electrons. The van der Waals surface area contributed by atoms with Gasteiger partial charge in [0.1, 0.15) is 11.6 Å². The normalized spacial score (nSPS) is 10.7. The fourth-order valence-corrected chi connectivity index (χ4v) is 1.51. The molecule has 0 bridgehead atoms. The molecule has 1 heterocycles. The van der Waals surface area contributed by atoms with Crippen LogP contribution in [0.3, 0.4) is 0 Å². The van der Waals surface area contributed by atoms with Gasteiger partial charge in [-0.25, -0.2) is 13.8 Å². The van der Waals surface area contributed by atoms with Crippen LogP contribution in [0.1, 0.15) is 11.3 Å². The number of halogens is 2. The van der Waals surface area contributed by atoms with Gasteiger partial charge >= 0.3 is 0 Å². The van der Waals surface area contributed by atoms with Crippen LogP contribution in [-0.4, -0.2) is 9.55 Å². The van der Waals surface area contributed by atoms with Gasteiger partial charge in [-0.3, -0.25) is 0 Å². The van der Waals surface area contributed by atoms with Crippen LogP contribution in [0.2, 0.25) is 0 Å². The van der Waals surface area contributed by atoms with Crippen LogP contribution in [0.25, 0.3) is 0 Å². The van der Waals surface area contributed by atoms with E-state index in [0.717, 1.165) is 11.8 Å². The third-order valence-electron chi connectivity index (χ3n) is 2.43. The molecule has 1 aromatic heterocycles. The number of aryl methyl sites for hydroxylation is 1. The van der Waals surface area contributed by atoms with Gasteiger partial charge in [0, 0.05) is 17.3 Å². The van der Waals surface area contributed by atoms with E-state index in [1.54, 1.807) is 10.8 Å². The number of aromatic nitrogens is 2. The Kier molecular flexibility index (Phi) is 2.60. The summed E-state index contributed by atoms with van der Waals surface area (Å²) in [6.07, 6.45) is 1.61. The van der Waals surface area contributed by atoms with Crippen LogP contribution >= 0.6 is 0 Å². The SMILES string of the molecule is Cc1cnc(N)n1Cc1ccc(F)cc1F. The quantitative estimate of drug-likeness (QED) is 0.847. The number of hydrogen-bond acceptors (Lipinski definition) is 2. The maximum atomic E-state index is 13.4. The topological polar surface area (TPSA) is 43.8 Å². The number of nitrogens with zero attached hydrogens (tertiary/aromatic N) is 2. The van der Waals surface area contributed by atoms with E-state index >= 15 is 0 Å². The Morgan fingerprint density at radius 3 is 2.69 bits per heavy atom. The van der Waals surface area contributed by atoms with Gasteiger partial charge in [-0.05, 0) is 13.0 Å². The monoisotopic (exact) mass is 223 g/mol. The minimum atomic E-state index is -0.587. The Bertz CT molecular complexity index is 500. The lowest BCUT2D eigenvalue weighted by molar-refractivity contribution is 0.566. The molecule has 0 fully saturated rings. The van der Waals surface area contributed by atoms with E-state index in [0.29, 0.717) is 11.5 Å². The molecule has 0 aliphatic heterocycles. The summed E-state index contributed by atoms with van der Waals surface area (Å²) >= 11 is 0. The second-order valence-corrected chi connectivity index (χ2v) is 3.58. The summed E-state index contributed by atoms with van der Waals surface area (Å²) in [5, 5.41) is 0. The van der Waals surface area contributed by atoms with Crippen molar-refractivity contribution in [1.29, 1.82) is 0 Å². The summed E-state index contributed by atoms with van der Waals surface area (Å²) in [6, 6.07) is 3.49. The van der Waals surface area contributed by atoms with Gasteiger partial charge in [0.25, 0.3) is 0 Å². The predicted octanol–water partition coefficient (Wildman–Crippen LogP) is 2.10. The van der Waals surface area contributed by atoms with Crippen molar-refractivity contribution in [3.63, 3.8) is 0 Å². The van der Waals surface area contributed by atoms with E-state index < -0.39 is 11.6 Å². The van der Waals surface area contributed by atoms with Crippen molar-refractivity contribution in [2.75, 3.05) is 5.73 Å². The first-order valence-electron chi connectivity index (χ1n) is 4.79. The van der Waals surface area contributed by atoms with Crippen LogP contribution in [-0.2, 0) is 6.54 Å². The largest absolute Gasteiger partial charge is 0.369 e. The molecule has 0 aliphatic rings. The highest BCUT2D eigenvalue weighted by atomic mass is 19.1. The predicted molar refractivity (Wildman–Crippen MR) is 56.8 cm³/mol. The average molecular weight is 223 g/mol. The molecule has 3 nitrogen and oxygen atoms in total. The summed E-state index contributed by atoms with van der Waals surface area (Å²) in [5.74, 6) is -0.842. The Morgan fingerprint density at radius 2 is 2.12 bits per heavy atom. The molecule has 2 aromatic rings. The molecule has 0 saturated heterocycles. The second-order valence-electron chi connectivity index (χ2n) is 3.58. The number of hydrogen-bond donors (Lipinski definition) is 1. The van der Waals surface area contributed by atoms with Crippen molar-refractivity contribution in [1.82, 2.24) is 9.55 Å². The van der Waals surface area contributed by atoms with Crippen LogP contribution < -0.4 is 5.73 Å². The van der Waals surface area contributed by atoms with Crippen LogP contribution in [0.15, 0.2) is 24.4 Å². The minimum Gasteiger partial charge on any atom is -0.369 e. The Hall–Kier alpha value is -1.91. The summed E-state index contributed by atoms with van der Waals surface area (Å²) in [7, 11) is 0. The van der Waals surface area contributed by atoms with Gasteiger partial charge in [-0.1, -0.05) is 6.07 Å². The standard InChI is InChI=1S/C11H11F2N3/c1-7-5-15-11(14)16(7)6-8-2-3-9(12)4-10(8)13/h2-5H,6H2,1H3,(H2,14,15). The van der Waals surface area contributed by atoms with E-state index in [1.165, 1.54) is 12.1 Å². The molecule has 1 aromatic carbocycles. The summed E-state index contributed by atoms with van der Waals surface area (Å²) in [6.45, 7) is 2.08. The zero-order valence-electron chi connectivity index (χ0n) is 8.74. The van der Waals surface area contributed by atoms with Crippen molar-refractivity contribution < 1.29 is 8.78 Å². The van der Waals surface area contributed by atoms with E-state index in [9.17, 15) is 8.78 Å². The molecule has 0 atom stereocenters. The lowest BCUT2D eigenvalue weighted by Gasteiger charge is -2.08. The highest BCUT2D eigenvalue weighted by Gasteiger charge is 2.08. The number of rotatable bonds is 2. The van der Waals surface area contributed by atoms with E-state index in [-0.39, 0.29) is 6.54 Å². The first-order valence-corrected chi connectivity index (χ1v) is 4.79. The van der Waals surface area contributed by atoms with Crippen molar-refractivity contribution in [2.45, 2.75) is 13.5 Å². The fourth-order valence-electron chi connectivity index (χ4n) is 1.51. The van der Waals surface area contributed by atoms with Crippen LogP contribution in [0.4, 0.5) is 14.7 Å². The highest BCUT2D eigenvalue weighted by Crippen LogP contribution is 2.14. The van der Waals surface area contributed by atoms with Crippen molar-refractivity contribution in [2.24, 2.45) is 0 Å². The average Bonchev–Trinajstić information content (AvgIpc) is 2.53. The van der Waals surface area contributed by atoms with E-state index in [4.69, 9.17) is 5.73 Å². The first-order chi connectivity index (χ1) is 7.58. The van der Waals surface area contributed by atoms with E-state index in [1.807, 2.05) is 6.92 Å². The maximum absolute atomic E-state index is 13.4.